The largest absolute Gasteiger partial charge is 0.383 e. The molecule has 0 unspecified atom stereocenters. The van der Waals surface area contributed by atoms with Crippen LogP contribution in [0.1, 0.15) is 25.0 Å². The van der Waals surface area contributed by atoms with E-state index in [0.717, 1.165) is 32.0 Å². The Hall–Kier alpha value is -1.77. The molecule has 1 aromatic carbocycles. The Morgan fingerprint density at radius 3 is 2.47 bits per heavy atom. The van der Waals surface area contributed by atoms with Gasteiger partial charge in [0.25, 0.3) is 0 Å². The first-order chi connectivity index (χ1) is 9.24. The van der Waals surface area contributed by atoms with Crippen molar-refractivity contribution in [3.63, 3.8) is 0 Å². The normalized spacial score (nSPS) is 15.1. The second-order valence-electron chi connectivity index (χ2n) is 4.76. The SMILES string of the molecule is CCN(CC)C1=NCCNC(c2ccc(C)cc2)=C1. The van der Waals surface area contributed by atoms with Crippen molar-refractivity contribution in [2.45, 2.75) is 20.8 Å². The zero-order valence-electron chi connectivity index (χ0n) is 12.1. The first-order valence-electron chi connectivity index (χ1n) is 7.06. The van der Waals surface area contributed by atoms with Crippen molar-refractivity contribution in [1.29, 1.82) is 0 Å². The Balaban J connectivity index is 2.29. The van der Waals surface area contributed by atoms with Crippen molar-refractivity contribution in [1.82, 2.24) is 10.2 Å². The molecule has 3 nitrogen and oxygen atoms in total. The van der Waals surface area contributed by atoms with Gasteiger partial charge in [0.2, 0.25) is 0 Å². The average Bonchev–Trinajstić information content (AvgIpc) is 2.67. The van der Waals surface area contributed by atoms with E-state index in [4.69, 9.17) is 0 Å². The third-order valence-electron chi connectivity index (χ3n) is 3.42. The molecule has 0 amide bonds. The maximum Gasteiger partial charge on any atom is 0.125 e. The highest BCUT2D eigenvalue weighted by Crippen LogP contribution is 2.15. The Bertz CT molecular complexity index is 467. The van der Waals surface area contributed by atoms with Crippen LogP contribution in [0.15, 0.2) is 35.3 Å². The Morgan fingerprint density at radius 2 is 1.84 bits per heavy atom. The summed E-state index contributed by atoms with van der Waals surface area (Å²) in [6.07, 6.45) is 2.17. The molecule has 1 aliphatic heterocycles. The van der Waals surface area contributed by atoms with Gasteiger partial charge >= 0.3 is 0 Å². The van der Waals surface area contributed by atoms with Crippen molar-refractivity contribution in [2.75, 3.05) is 26.2 Å². The number of rotatable bonds is 3. The standard InChI is InChI=1S/C16H23N3/c1-4-19(5-2)16-12-15(17-10-11-18-16)14-8-6-13(3)7-9-14/h6-9,12,17H,4-5,10-11H2,1-3H3. The number of nitrogens with zero attached hydrogens (tertiary/aromatic N) is 2. The summed E-state index contributed by atoms with van der Waals surface area (Å²) in [6, 6.07) is 8.63. The van der Waals surface area contributed by atoms with Crippen LogP contribution in [-0.2, 0) is 0 Å². The molecule has 2 rings (SSSR count). The van der Waals surface area contributed by atoms with Crippen LogP contribution in [0.2, 0.25) is 0 Å². The molecule has 0 fully saturated rings. The predicted octanol–water partition coefficient (Wildman–Crippen LogP) is 2.68. The van der Waals surface area contributed by atoms with Crippen LogP contribution in [0.25, 0.3) is 5.70 Å². The molecule has 0 spiro atoms. The Kier molecular flexibility index (Phi) is 4.61. The monoisotopic (exact) mass is 257 g/mol. The van der Waals surface area contributed by atoms with Crippen LogP contribution in [0.3, 0.4) is 0 Å². The minimum atomic E-state index is 0.831. The summed E-state index contributed by atoms with van der Waals surface area (Å²) in [5.41, 5.74) is 3.69. The number of hydrogen-bond donors (Lipinski definition) is 1. The number of aryl methyl sites for hydroxylation is 1. The molecular formula is C16H23N3. The van der Waals surface area contributed by atoms with E-state index in [0.29, 0.717) is 0 Å². The molecular weight excluding hydrogens is 234 g/mol. The van der Waals surface area contributed by atoms with Crippen molar-refractivity contribution in [3.05, 3.63) is 41.5 Å². The van der Waals surface area contributed by atoms with E-state index in [-0.39, 0.29) is 0 Å². The Morgan fingerprint density at radius 1 is 1.16 bits per heavy atom. The van der Waals surface area contributed by atoms with E-state index >= 15 is 0 Å². The van der Waals surface area contributed by atoms with Gasteiger partial charge < -0.3 is 10.2 Å². The fraction of sp³-hybridized carbons (Fsp3) is 0.438. The third-order valence-corrected chi connectivity index (χ3v) is 3.42. The van der Waals surface area contributed by atoms with Crippen LogP contribution in [0.5, 0.6) is 0 Å². The average molecular weight is 257 g/mol. The quantitative estimate of drug-likeness (QED) is 0.901. The molecule has 0 saturated heterocycles. The molecule has 0 bridgehead atoms. The number of aliphatic imine (C=N–C) groups is 1. The molecule has 3 heteroatoms. The fourth-order valence-electron chi connectivity index (χ4n) is 2.24. The summed E-state index contributed by atoms with van der Waals surface area (Å²) in [6.45, 7) is 10.2. The molecule has 19 heavy (non-hydrogen) atoms. The second kappa shape index (κ2) is 6.41. The summed E-state index contributed by atoms with van der Waals surface area (Å²) in [7, 11) is 0. The minimum Gasteiger partial charge on any atom is -0.383 e. The van der Waals surface area contributed by atoms with Gasteiger partial charge in [-0.05, 0) is 26.3 Å². The predicted molar refractivity (Wildman–Crippen MR) is 82.4 cm³/mol. The van der Waals surface area contributed by atoms with Gasteiger partial charge in [-0.2, -0.15) is 0 Å². The zero-order chi connectivity index (χ0) is 13.7. The summed E-state index contributed by atoms with van der Waals surface area (Å²) in [5.74, 6) is 1.09. The van der Waals surface area contributed by atoms with Gasteiger partial charge in [0, 0.05) is 31.4 Å². The molecule has 1 N–H and O–H groups in total. The molecule has 1 aliphatic rings. The topological polar surface area (TPSA) is 27.6 Å². The van der Waals surface area contributed by atoms with E-state index in [1.165, 1.54) is 16.8 Å². The summed E-state index contributed by atoms with van der Waals surface area (Å²) in [5, 5.41) is 3.47. The van der Waals surface area contributed by atoms with Gasteiger partial charge in [0.15, 0.2) is 0 Å². The first kappa shape index (κ1) is 13.7. The minimum absolute atomic E-state index is 0.831. The molecule has 102 valence electrons. The number of benzene rings is 1. The van der Waals surface area contributed by atoms with Gasteiger partial charge in [-0.1, -0.05) is 29.8 Å². The molecule has 0 saturated carbocycles. The van der Waals surface area contributed by atoms with Crippen molar-refractivity contribution in [2.24, 2.45) is 4.99 Å². The van der Waals surface area contributed by atoms with Crippen molar-refractivity contribution >= 4 is 11.5 Å². The van der Waals surface area contributed by atoms with Crippen LogP contribution >= 0.6 is 0 Å². The molecule has 0 aromatic heterocycles. The number of hydrogen-bond acceptors (Lipinski definition) is 3. The highest BCUT2D eigenvalue weighted by atomic mass is 15.2. The summed E-state index contributed by atoms with van der Waals surface area (Å²) < 4.78 is 0. The second-order valence-corrected chi connectivity index (χ2v) is 4.76. The lowest BCUT2D eigenvalue weighted by Gasteiger charge is -2.20. The van der Waals surface area contributed by atoms with E-state index < -0.39 is 0 Å². The maximum atomic E-state index is 4.66. The lowest BCUT2D eigenvalue weighted by Crippen LogP contribution is -2.29. The van der Waals surface area contributed by atoms with Crippen molar-refractivity contribution < 1.29 is 0 Å². The number of likely N-dealkylation sites (N-methyl/N-ethyl adjacent to an activating group) is 1. The van der Waals surface area contributed by atoms with Gasteiger partial charge in [-0.3, -0.25) is 4.99 Å². The van der Waals surface area contributed by atoms with Crippen LogP contribution in [0, 0.1) is 6.92 Å². The van der Waals surface area contributed by atoms with Crippen LogP contribution in [0.4, 0.5) is 0 Å². The van der Waals surface area contributed by atoms with E-state index in [1.54, 1.807) is 0 Å². The molecule has 1 aromatic rings. The maximum absolute atomic E-state index is 4.66. The van der Waals surface area contributed by atoms with Crippen molar-refractivity contribution in [3.8, 4) is 0 Å². The molecule has 1 heterocycles. The summed E-state index contributed by atoms with van der Waals surface area (Å²) in [4.78, 5) is 6.96. The highest BCUT2D eigenvalue weighted by Gasteiger charge is 2.10. The third kappa shape index (κ3) is 3.37. The highest BCUT2D eigenvalue weighted by molar-refractivity contribution is 5.99. The number of nitrogens with one attached hydrogen (secondary N) is 1. The van der Waals surface area contributed by atoms with Gasteiger partial charge in [0.05, 0.1) is 6.54 Å². The smallest absolute Gasteiger partial charge is 0.125 e. The molecule has 0 aliphatic carbocycles. The lowest BCUT2D eigenvalue weighted by atomic mass is 10.1. The van der Waals surface area contributed by atoms with Crippen LogP contribution in [-0.4, -0.2) is 36.9 Å². The van der Waals surface area contributed by atoms with E-state index in [1.807, 2.05) is 0 Å². The van der Waals surface area contributed by atoms with Gasteiger partial charge in [0.1, 0.15) is 5.84 Å². The first-order valence-corrected chi connectivity index (χ1v) is 7.06. The Labute approximate surface area is 116 Å². The molecule has 0 radical (unpaired) electrons. The van der Waals surface area contributed by atoms with E-state index in [2.05, 4.69) is 66.3 Å². The van der Waals surface area contributed by atoms with Crippen LogP contribution < -0.4 is 5.32 Å². The van der Waals surface area contributed by atoms with Gasteiger partial charge in [-0.25, -0.2) is 0 Å². The van der Waals surface area contributed by atoms with E-state index in [9.17, 15) is 0 Å². The van der Waals surface area contributed by atoms with Gasteiger partial charge in [-0.15, -0.1) is 0 Å². The zero-order valence-corrected chi connectivity index (χ0v) is 12.1. The number of amidine groups is 1. The summed E-state index contributed by atoms with van der Waals surface area (Å²) >= 11 is 0. The lowest BCUT2D eigenvalue weighted by molar-refractivity contribution is 0.466. The molecule has 0 atom stereocenters. The fourth-order valence-corrected chi connectivity index (χ4v) is 2.24.